The van der Waals surface area contributed by atoms with Crippen LogP contribution in [0.4, 0.5) is 5.69 Å². The lowest BCUT2D eigenvalue weighted by atomic mass is 10.1. The van der Waals surface area contributed by atoms with Crippen LogP contribution in [0.15, 0.2) is 18.2 Å². The maximum atomic E-state index is 12.0. The van der Waals surface area contributed by atoms with Crippen LogP contribution in [0.1, 0.15) is 44.9 Å². The zero-order valence-corrected chi connectivity index (χ0v) is 17.7. The molecule has 3 N–H and O–H groups in total. The third-order valence-electron chi connectivity index (χ3n) is 4.43. The quantitative estimate of drug-likeness (QED) is 0.737. The molecule has 1 aromatic carbocycles. The van der Waals surface area contributed by atoms with Gasteiger partial charge in [-0.15, -0.1) is 35.0 Å². The van der Waals surface area contributed by atoms with Crippen molar-refractivity contribution in [3.8, 4) is 11.4 Å². The van der Waals surface area contributed by atoms with E-state index in [1.807, 2.05) is 13.0 Å². The van der Waals surface area contributed by atoms with Crippen LogP contribution in [0.3, 0.4) is 0 Å². The Bertz CT molecular complexity index is 763. The number of aryl methyl sites for hydroxylation is 1. The van der Waals surface area contributed by atoms with Gasteiger partial charge in [-0.1, -0.05) is 18.0 Å². The summed E-state index contributed by atoms with van der Waals surface area (Å²) in [4.78, 5) is 12.0. The van der Waals surface area contributed by atoms with Crippen molar-refractivity contribution in [2.24, 2.45) is 5.73 Å². The van der Waals surface area contributed by atoms with Crippen molar-refractivity contribution in [3.63, 3.8) is 0 Å². The second-order valence-corrected chi connectivity index (χ2v) is 7.07. The molecule has 0 saturated carbocycles. The molecule has 27 heavy (non-hydrogen) atoms. The number of hydrogen-bond donors (Lipinski definition) is 2. The van der Waals surface area contributed by atoms with E-state index in [9.17, 15) is 4.79 Å². The number of halogens is 3. The first kappa shape index (κ1) is 23.7. The first-order valence-corrected chi connectivity index (χ1v) is 9.20. The Hall–Kier alpha value is -1.34. The Labute approximate surface area is 177 Å². The molecule has 0 aliphatic carbocycles. The highest BCUT2D eigenvalue weighted by molar-refractivity contribution is 6.33. The van der Waals surface area contributed by atoms with Crippen molar-refractivity contribution in [3.05, 3.63) is 29.0 Å². The first-order valence-electron chi connectivity index (χ1n) is 8.82. The van der Waals surface area contributed by atoms with E-state index in [0.29, 0.717) is 23.6 Å². The number of fused-ring (bicyclic) bond motifs is 1. The van der Waals surface area contributed by atoms with Crippen LogP contribution in [-0.2, 0) is 17.8 Å². The second-order valence-electron chi connectivity index (χ2n) is 6.66. The van der Waals surface area contributed by atoms with Gasteiger partial charge in [0.15, 0.2) is 5.82 Å². The highest BCUT2D eigenvalue weighted by atomic mass is 35.5. The highest BCUT2D eigenvalue weighted by Gasteiger charge is 2.18. The van der Waals surface area contributed by atoms with Crippen molar-refractivity contribution in [2.45, 2.75) is 58.0 Å². The van der Waals surface area contributed by atoms with E-state index in [1.165, 1.54) is 6.42 Å². The van der Waals surface area contributed by atoms with Crippen LogP contribution in [0, 0.1) is 0 Å². The number of carbonyl (C=O) groups is 1. The SMILES string of the molecule is CC(N)CCC(=O)Nc1ccc(Cl)c(-c2nnc3n2CCCCC3)c1.Cl.Cl. The zero-order chi connectivity index (χ0) is 17.8. The molecule has 0 fully saturated rings. The molecular weight excluding hydrogens is 409 g/mol. The van der Waals surface area contributed by atoms with Crippen molar-refractivity contribution in [1.29, 1.82) is 0 Å². The third kappa shape index (κ3) is 6.07. The summed E-state index contributed by atoms with van der Waals surface area (Å²) in [5.41, 5.74) is 7.21. The van der Waals surface area contributed by atoms with Gasteiger partial charge in [0.25, 0.3) is 0 Å². The van der Waals surface area contributed by atoms with Crippen LogP contribution in [0.5, 0.6) is 0 Å². The predicted octanol–water partition coefficient (Wildman–Crippen LogP) is 4.23. The summed E-state index contributed by atoms with van der Waals surface area (Å²) in [6.45, 7) is 2.80. The monoisotopic (exact) mass is 433 g/mol. The molecule has 2 aromatic rings. The fraction of sp³-hybridized carbons (Fsp3) is 0.500. The number of carbonyl (C=O) groups excluding carboxylic acids is 1. The Morgan fingerprint density at radius 2 is 2.07 bits per heavy atom. The van der Waals surface area contributed by atoms with Crippen LogP contribution in [0.2, 0.25) is 5.02 Å². The van der Waals surface area contributed by atoms with Gasteiger partial charge in [-0.05, 0) is 44.4 Å². The molecule has 0 saturated heterocycles. The van der Waals surface area contributed by atoms with Gasteiger partial charge in [0.1, 0.15) is 5.82 Å². The fourth-order valence-electron chi connectivity index (χ4n) is 3.04. The zero-order valence-electron chi connectivity index (χ0n) is 15.3. The van der Waals surface area contributed by atoms with E-state index < -0.39 is 0 Å². The van der Waals surface area contributed by atoms with Crippen molar-refractivity contribution in [1.82, 2.24) is 14.8 Å². The molecule has 0 spiro atoms. The summed E-state index contributed by atoms with van der Waals surface area (Å²) in [6.07, 6.45) is 5.45. The summed E-state index contributed by atoms with van der Waals surface area (Å²) in [7, 11) is 0. The van der Waals surface area contributed by atoms with E-state index in [2.05, 4.69) is 20.1 Å². The van der Waals surface area contributed by atoms with Crippen molar-refractivity contribution in [2.75, 3.05) is 5.32 Å². The maximum absolute atomic E-state index is 12.0. The van der Waals surface area contributed by atoms with Crippen LogP contribution in [-0.4, -0.2) is 26.7 Å². The minimum atomic E-state index is -0.0503. The number of nitrogens with one attached hydrogen (secondary N) is 1. The molecule has 1 amide bonds. The van der Waals surface area contributed by atoms with Crippen LogP contribution in [0.25, 0.3) is 11.4 Å². The summed E-state index contributed by atoms with van der Waals surface area (Å²) < 4.78 is 2.15. The minimum Gasteiger partial charge on any atom is -0.328 e. The smallest absolute Gasteiger partial charge is 0.224 e. The maximum Gasteiger partial charge on any atom is 0.224 e. The van der Waals surface area contributed by atoms with Crippen molar-refractivity contribution < 1.29 is 4.79 Å². The normalized spacial score (nSPS) is 14.2. The molecule has 6 nitrogen and oxygen atoms in total. The van der Waals surface area contributed by atoms with Gasteiger partial charge >= 0.3 is 0 Å². The molecule has 1 atom stereocenters. The lowest BCUT2D eigenvalue weighted by molar-refractivity contribution is -0.116. The standard InChI is InChI=1S/C18H24ClN5O.2ClH/c1-12(20)6-9-17(25)21-13-7-8-15(19)14(11-13)18-23-22-16-5-3-2-4-10-24(16)18;;/h7-8,11-12H,2-6,9-10,20H2,1H3,(H,21,25);2*1H. The number of aromatic nitrogens is 3. The van der Waals surface area contributed by atoms with Gasteiger partial charge in [-0.3, -0.25) is 4.79 Å². The number of nitrogens with zero attached hydrogens (tertiary/aromatic N) is 3. The molecule has 1 aliphatic rings. The van der Waals surface area contributed by atoms with E-state index in [1.54, 1.807) is 12.1 Å². The number of anilines is 1. The molecular formula is C18H26Cl3N5O. The van der Waals surface area contributed by atoms with E-state index >= 15 is 0 Å². The summed E-state index contributed by atoms with van der Waals surface area (Å²) in [5.74, 6) is 1.73. The van der Waals surface area contributed by atoms with Gasteiger partial charge in [0.05, 0.1) is 5.02 Å². The largest absolute Gasteiger partial charge is 0.328 e. The molecule has 2 heterocycles. The lowest BCUT2D eigenvalue weighted by Gasteiger charge is -2.11. The number of rotatable bonds is 5. The molecule has 1 unspecified atom stereocenters. The second kappa shape index (κ2) is 10.9. The topological polar surface area (TPSA) is 85.8 Å². The number of hydrogen-bond acceptors (Lipinski definition) is 4. The van der Waals surface area contributed by atoms with E-state index in [0.717, 1.165) is 43.0 Å². The average Bonchev–Trinajstić information content (AvgIpc) is 2.83. The Morgan fingerprint density at radius 1 is 1.30 bits per heavy atom. The summed E-state index contributed by atoms with van der Waals surface area (Å²) in [6, 6.07) is 5.47. The van der Waals surface area contributed by atoms with E-state index in [4.69, 9.17) is 17.3 Å². The first-order chi connectivity index (χ1) is 12.0. The lowest BCUT2D eigenvalue weighted by Crippen LogP contribution is -2.19. The molecule has 0 radical (unpaired) electrons. The van der Waals surface area contributed by atoms with Gasteiger partial charge < -0.3 is 15.6 Å². The summed E-state index contributed by atoms with van der Waals surface area (Å²) >= 11 is 6.40. The number of amides is 1. The Balaban J connectivity index is 0.00000182. The molecule has 1 aliphatic heterocycles. The van der Waals surface area contributed by atoms with Gasteiger partial charge in [-0.2, -0.15) is 0 Å². The Morgan fingerprint density at radius 3 is 2.81 bits per heavy atom. The molecule has 1 aromatic heterocycles. The molecule has 150 valence electrons. The molecule has 0 bridgehead atoms. The average molecular weight is 435 g/mol. The minimum absolute atomic E-state index is 0. The molecule has 9 heteroatoms. The number of nitrogens with two attached hydrogens (primary N) is 1. The van der Waals surface area contributed by atoms with Gasteiger partial charge in [0, 0.05) is 36.7 Å². The summed E-state index contributed by atoms with van der Waals surface area (Å²) in [5, 5.41) is 12.2. The van der Waals surface area contributed by atoms with Crippen LogP contribution >= 0.6 is 36.4 Å². The van der Waals surface area contributed by atoms with Gasteiger partial charge in [-0.25, -0.2) is 0 Å². The van der Waals surface area contributed by atoms with Gasteiger partial charge in [0.2, 0.25) is 5.91 Å². The molecule has 3 rings (SSSR count). The predicted molar refractivity (Wildman–Crippen MR) is 114 cm³/mol. The fourth-order valence-corrected chi connectivity index (χ4v) is 3.24. The highest BCUT2D eigenvalue weighted by Crippen LogP contribution is 2.31. The van der Waals surface area contributed by atoms with Crippen LogP contribution < -0.4 is 11.1 Å². The number of benzene rings is 1. The third-order valence-corrected chi connectivity index (χ3v) is 4.76. The Kier molecular flexibility index (Phi) is 9.53. The van der Waals surface area contributed by atoms with E-state index in [-0.39, 0.29) is 36.8 Å². The van der Waals surface area contributed by atoms with Crippen molar-refractivity contribution >= 4 is 48.0 Å².